The van der Waals surface area contributed by atoms with Gasteiger partial charge in [-0.25, -0.2) is 0 Å². The molecule has 1 atom stereocenters. The third kappa shape index (κ3) is 3.91. The minimum absolute atomic E-state index is 0.151. The molecule has 1 aliphatic heterocycles. The largest absolute Gasteiger partial charge is 0.497 e. The number of amides is 2. The van der Waals surface area contributed by atoms with Gasteiger partial charge in [0.2, 0.25) is 0 Å². The molecule has 0 aliphatic carbocycles. The molecule has 0 bridgehead atoms. The Hall–Kier alpha value is -3.02. The average molecular weight is 340 g/mol. The zero-order valence-electron chi connectivity index (χ0n) is 14.2. The number of anilines is 1. The fraction of sp³-hybridized carbons (Fsp3) is 0.263. The van der Waals surface area contributed by atoms with Crippen LogP contribution in [0.4, 0.5) is 5.69 Å². The Kier molecular flexibility index (Phi) is 4.88. The van der Waals surface area contributed by atoms with Crippen molar-refractivity contribution in [3.05, 3.63) is 53.6 Å². The van der Waals surface area contributed by atoms with E-state index in [1.807, 2.05) is 18.2 Å². The number of benzene rings is 2. The summed E-state index contributed by atoms with van der Waals surface area (Å²) < 4.78 is 10.6. The van der Waals surface area contributed by atoms with Gasteiger partial charge in [-0.2, -0.15) is 0 Å². The maximum atomic E-state index is 12.2. The monoisotopic (exact) mass is 340 g/mol. The van der Waals surface area contributed by atoms with Gasteiger partial charge in [-0.1, -0.05) is 12.1 Å². The van der Waals surface area contributed by atoms with E-state index in [2.05, 4.69) is 10.6 Å². The zero-order valence-corrected chi connectivity index (χ0v) is 14.2. The number of carbonyl (C=O) groups excluding carboxylic acids is 2. The fourth-order valence-electron chi connectivity index (χ4n) is 2.60. The van der Waals surface area contributed by atoms with Gasteiger partial charge in [0.05, 0.1) is 12.8 Å². The maximum Gasteiger partial charge on any atom is 0.265 e. The van der Waals surface area contributed by atoms with Crippen molar-refractivity contribution in [2.45, 2.75) is 19.4 Å². The fourth-order valence-corrected chi connectivity index (χ4v) is 2.60. The highest BCUT2D eigenvalue weighted by Gasteiger charge is 2.23. The molecule has 1 heterocycles. The Balaban J connectivity index is 1.58. The molecule has 0 fully saturated rings. The molecule has 0 radical (unpaired) electrons. The van der Waals surface area contributed by atoms with E-state index < -0.39 is 6.10 Å². The van der Waals surface area contributed by atoms with Crippen LogP contribution < -0.4 is 20.1 Å². The van der Waals surface area contributed by atoms with Crippen molar-refractivity contribution >= 4 is 17.5 Å². The quantitative estimate of drug-likeness (QED) is 0.876. The number of rotatable bonds is 5. The highest BCUT2D eigenvalue weighted by Crippen LogP contribution is 2.30. The van der Waals surface area contributed by atoms with Crippen LogP contribution in [-0.2, 0) is 11.2 Å². The number of hydrogen-bond donors (Lipinski definition) is 2. The zero-order chi connectivity index (χ0) is 17.8. The molecule has 25 heavy (non-hydrogen) atoms. The summed E-state index contributed by atoms with van der Waals surface area (Å²) in [5.41, 5.74) is 2.22. The molecule has 2 N–H and O–H groups in total. The summed E-state index contributed by atoms with van der Waals surface area (Å²) in [5.74, 6) is 1.00. The highest BCUT2D eigenvalue weighted by atomic mass is 16.5. The van der Waals surface area contributed by atoms with Crippen molar-refractivity contribution < 1.29 is 19.1 Å². The lowest BCUT2D eigenvalue weighted by atomic mass is 10.1. The number of nitrogens with one attached hydrogen (secondary N) is 2. The summed E-state index contributed by atoms with van der Waals surface area (Å²) >= 11 is 0. The highest BCUT2D eigenvalue weighted by molar-refractivity contribution is 5.97. The summed E-state index contributed by atoms with van der Waals surface area (Å²) in [4.78, 5) is 23.8. The molecule has 2 aromatic carbocycles. The number of hydrogen-bond acceptors (Lipinski definition) is 4. The van der Waals surface area contributed by atoms with Crippen molar-refractivity contribution in [1.29, 1.82) is 0 Å². The van der Waals surface area contributed by atoms with E-state index in [0.29, 0.717) is 35.7 Å². The van der Waals surface area contributed by atoms with Crippen LogP contribution in [0.1, 0.15) is 22.8 Å². The maximum absolute atomic E-state index is 12.2. The second-order valence-electron chi connectivity index (χ2n) is 5.82. The molecule has 2 aromatic rings. The van der Waals surface area contributed by atoms with E-state index in [9.17, 15) is 9.59 Å². The summed E-state index contributed by atoms with van der Waals surface area (Å²) in [5, 5.41) is 5.70. The van der Waals surface area contributed by atoms with Gasteiger partial charge in [-0.3, -0.25) is 9.59 Å². The van der Waals surface area contributed by atoms with Crippen molar-refractivity contribution in [3.8, 4) is 11.5 Å². The Bertz CT molecular complexity index is 804. The van der Waals surface area contributed by atoms with Crippen LogP contribution in [-0.4, -0.2) is 31.6 Å². The third-order valence-electron chi connectivity index (χ3n) is 4.01. The summed E-state index contributed by atoms with van der Waals surface area (Å²) in [6.07, 6.45) is 0.162. The standard InChI is InChI=1S/C19H20N2O4/c1-12-18(22)21-16-10-13(6-7-17(16)25-12)8-9-20-19(23)14-4-3-5-15(11-14)24-2/h3-7,10-12H,8-9H2,1-2H3,(H,20,23)(H,21,22). The predicted octanol–water partition coefficient (Wildman–Crippen LogP) is 2.39. The van der Waals surface area contributed by atoms with Gasteiger partial charge < -0.3 is 20.1 Å². The molecule has 2 amide bonds. The molecule has 0 saturated heterocycles. The predicted molar refractivity (Wildman–Crippen MR) is 94.2 cm³/mol. The lowest BCUT2D eigenvalue weighted by molar-refractivity contribution is -0.122. The summed E-state index contributed by atoms with van der Waals surface area (Å²) in [6.45, 7) is 2.19. The second-order valence-corrected chi connectivity index (χ2v) is 5.82. The molecule has 3 rings (SSSR count). The van der Waals surface area contributed by atoms with E-state index >= 15 is 0 Å². The van der Waals surface area contributed by atoms with Gasteiger partial charge in [0.25, 0.3) is 11.8 Å². The van der Waals surface area contributed by atoms with E-state index in [1.54, 1.807) is 38.3 Å². The minimum atomic E-state index is -0.486. The molecule has 0 spiro atoms. The van der Waals surface area contributed by atoms with Crippen LogP contribution in [0.5, 0.6) is 11.5 Å². The number of methoxy groups -OCH3 is 1. The summed E-state index contributed by atoms with van der Waals surface area (Å²) in [6, 6.07) is 12.6. The molecule has 0 aromatic heterocycles. The van der Waals surface area contributed by atoms with Crippen LogP contribution >= 0.6 is 0 Å². The second kappa shape index (κ2) is 7.25. The van der Waals surface area contributed by atoms with Gasteiger partial charge in [-0.05, 0) is 49.2 Å². The average Bonchev–Trinajstić information content (AvgIpc) is 2.63. The van der Waals surface area contributed by atoms with Crippen molar-refractivity contribution in [2.75, 3.05) is 19.0 Å². The first kappa shape index (κ1) is 16.8. The van der Waals surface area contributed by atoms with E-state index in [-0.39, 0.29) is 11.8 Å². The Morgan fingerprint density at radius 2 is 2.12 bits per heavy atom. The number of fused-ring (bicyclic) bond motifs is 1. The van der Waals surface area contributed by atoms with Crippen molar-refractivity contribution in [2.24, 2.45) is 0 Å². The summed E-state index contributed by atoms with van der Waals surface area (Å²) in [7, 11) is 1.57. The Morgan fingerprint density at radius 3 is 2.92 bits per heavy atom. The van der Waals surface area contributed by atoms with Gasteiger partial charge >= 0.3 is 0 Å². The first-order valence-electron chi connectivity index (χ1n) is 8.09. The molecule has 130 valence electrons. The normalized spacial score (nSPS) is 15.6. The molecule has 6 heteroatoms. The molecular weight excluding hydrogens is 320 g/mol. The minimum Gasteiger partial charge on any atom is -0.497 e. The lowest BCUT2D eigenvalue weighted by Gasteiger charge is -2.23. The third-order valence-corrected chi connectivity index (χ3v) is 4.01. The van der Waals surface area contributed by atoms with Crippen LogP contribution in [0.25, 0.3) is 0 Å². The first-order valence-corrected chi connectivity index (χ1v) is 8.09. The molecule has 6 nitrogen and oxygen atoms in total. The topological polar surface area (TPSA) is 76.7 Å². The smallest absolute Gasteiger partial charge is 0.265 e. The molecule has 1 aliphatic rings. The van der Waals surface area contributed by atoms with Gasteiger partial charge in [0.15, 0.2) is 6.10 Å². The molecular formula is C19H20N2O4. The van der Waals surface area contributed by atoms with Crippen molar-refractivity contribution in [3.63, 3.8) is 0 Å². The molecule has 0 saturated carbocycles. The van der Waals surface area contributed by atoms with E-state index in [4.69, 9.17) is 9.47 Å². The van der Waals surface area contributed by atoms with Gasteiger partial charge in [-0.15, -0.1) is 0 Å². The Morgan fingerprint density at radius 1 is 1.28 bits per heavy atom. The van der Waals surface area contributed by atoms with E-state index in [1.165, 1.54) is 0 Å². The van der Waals surface area contributed by atoms with E-state index in [0.717, 1.165) is 5.56 Å². The van der Waals surface area contributed by atoms with Crippen LogP contribution in [0.3, 0.4) is 0 Å². The lowest BCUT2D eigenvalue weighted by Crippen LogP contribution is -2.34. The Labute approximate surface area is 146 Å². The van der Waals surface area contributed by atoms with Gasteiger partial charge in [0, 0.05) is 12.1 Å². The van der Waals surface area contributed by atoms with Crippen molar-refractivity contribution in [1.82, 2.24) is 5.32 Å². The number of ether oxygens (including phenoxy) is 2. The SMILES string of the molecule is COc1cccc(C(=O)NCCc2ccc3c(c2)NC(=O)C(C)O3)c1. The first-order chi connectivity index (χ1) is 12.1. The molecule has 1 unspecified atom stereocenters. The van der Waals surface area contributed by atoms with Crippen LogP contribution in [0, 0.1) is 0 Å². The van der Waals surface area contributed by atoms with Crippen LogP contribution in [0.15, 0.2) is 42.5 Å². The number of carbonyl (C=O) groups is 2. The van der Waals surface area contributed by atoms with Gasteiger partial charge in [0.1, 0.15) is 11.5 Å². The van der Waals surface area contributed by atoms with Crippen LogP contribution in [0.2, 0.25) is 0 Å².